The first kappa shape index (κ1) is 16.7. The number of imidazole rings is 2. The van der Waals surface area contributed by atoms with E-state index in [-0.39, 0.29) is 5.95 Å². The van der Waals surface area contributed by atoms with Crippen LogP contribution in [0.15, 0.2) is 43.2 Å². The van der Waals surface area contributed by atoms with Crippen molar-refractivity contribution in [3.05, 3.63) is 54.6 Å². The molecular weight excluding hydrogens is 354 g/mol. The number of rotatable bonds is 4. The Bertz CT molecular complexity index is 1090. The zero-order valence-electron chi connectivity index (χ0n) is 15.4. The lowest BCUT2D eigenvalue weighted by molar-refractivity contribution is 0.474. The van der Waals surface area contributed by atoms with E-state index in [1.54, 1.807) is 12.5 Å². The Morgan fingerprint density at radius 2 is 2.18 bits per heavy atom. The van der Waals surface area contributed by atoms with E-state index in [1.807, 2.05) is 24.7 Å². The largest absolute Gasteiger partial charge is 0.368 e. The second-order valence-electron chi connectivity index (χ2n) is 7.07. The fourth-order valence-electron chi connectivity index (χ4n) is 3.95. The third kappa shape index (κ3) is 3.04. The lowest BCUT2D eigenvalue weighted by atomic mass is 9.97. The van der Waals surface area contributed by atoms with Crippen molar-refractivity contribution >= 4 is 22.9 Å². The summed E-state index contributed by atoms with van der Waals surface area (Å²) in [6, 6.07) is 4.05. The molecule has 28 heavy (non-hydrogen) atoms. The van der Waals surface area contributed by atoms with Crippen molar-refractivity contribution in [3.8, 4) is 0 Å². The summed E-state index contributed by atoms with van der Waals surface area (Å²) in [5.41, 5.74) is 8.50. The molecule has 9 heteroatoms. The molecule has 3 N–H and O–H groups in total. The smallest absolute Gasteiger partial charge is 0.224 e. The number of H-pyrrole nitrogens is 1. The van der Waals surface area contributed by atoms with Crippen molar-refractivity contribution in [1.29, 1.82) is 0 Å². The van der Waals surface area contributed by atoms with Gasteiger partial charge >= 0.3 is 0 Å². The molecule has 0 saturated carbocycles. The number of nitrogens with two attached hydrogens (primary N) is 1. The van der Waals surface area contributed by atoms with Gasteiger partial charge in [-0.3, -0.25) is 4.98 Å². The van der Waals surface area contributed by atoms with E-state index in [9.17, 15) is 0 Å². The first-order valence-corrected chi connectivity index (χ1v) is 9.39. The van der Waals surface area contributed by atoms with Crippen LogP contribution in [-0.4, -0.2) is 47.6 Å². The average Bonchev–Trinajstić information content (AvgIpc) is 3.37. The number of fused-ring (bicyclic) bond motifs is 1. The second kappa shape index (κ2) is 6.91. The SMILES string of the molecule is Nc1nc(N2CCC[C@H](c3nccn3Cc3cccnc3)C2)c2[nH]cnc2n1. The molecule has 1 aliphatic heterocycles. The van der Waals surface area contributed by atoms with Crippen molar-refractivity contribution in [2.24, 2.45) is 0 Å². The highest BCUT2D eigenvalue weighted by molar-refractivity contribution is 5.84. The van der Waals surface area contributed by atoms with Crippen molar-refractivity contribution in [2.45, 2.75) is 25.3 Å². The van der Waals surface area contributed by atoms with Crippen LogP contribution in [0.1, 0.15) is 30.1 Å². The van der Waals surface area contributed by atoms with Gasteiger partial charge in [0.1, 0.15) is 11.3 Å². The van der Waals surface area contributed by atoms with Gasteiger partial charge in [0.05, 0.1) is 12.9 Å². The van der Waals surface area contributed by atoms with E-state index in [2.05, 4.69) is 45.4 Å². The van der Waals surface area contributed by atoms with E-state index in [0.717, 1.165) is 55.2 Å². The maximum Gasteiger partial charge on any atom is 0.224 e. The van der Waals surface area contributed by atoms with E-state index < -0.39 is 0 Å². The van der Waals surface area contributed by atoms with Crippen molar-refractivity contribution in [1.82, 2.24) is 34.5 Å². The number of hydrogen-bond donors (Lipinski definition) is 2. The van der Waals surface area contributed by atoms with Crippen LogP contribution in [-0.2, 0) is 6.54 Å². The molecule has 0 radical (unpaired) electrons. The van der Waals surface area contributed by atoms with E-state index in [0.29, 0.717) is 11.6 Å². The number of nitrogen functional groups attached to an aromatic ring is 1. The molecule has 0 unspecified atom stereocenters. The van der Waals surface area contributed by atoms with E-state index in [1.165, 1.54) is 0 Å². The van der Waals surface area contributed by atoms with Crippen molar-refractivity contribution in [2.75, 3.05) is 23.7 Å². The lowest BCUT2D eigenvalue weighted by Crippen LogP contribution is -2.36. The molecule has 0 aliphatic carbocycles. The zero-order valence-corrected chi connectivity index (χ0v) is 15.4. The maximum absolute atomic E-state index is 5.90. The summed E-state index contributed by atoms with van der Waals surface area (Å²) in [5.74, 6) is 2.47. The highest BCUT2D eigenvalue weighted by Crippen LogP contribution is 2.31. The molecule has 1 aliphatic rings. The Hall–Kier alpha value is -3.49. The predicted molar refractivity (Wildman–Crippen MR) is 106 cm³/mol. The monoisotopic (exact) mass is 375 g/mol. The number of hydrogen-bond acceptors (Lipinski definition) is 7. The fraction of sp³-hybridized carbons (Fsp3) is 0.316. The van der Waals surface area contributed by atoms with Crippen LogP contribution in [0.2, 0.25) is 0 Å². The summed E-state index contributed by atoms with van der Waals surface area (Å²) >= 11 is 0. The molecule has 5 rings (SSSR count). The van der Waals surface area contributed by atoms with E-state index >= 15 is 0 Å². The Labute approximate surface area is 161 Å². The fourth-order valence-corrected chi connectivity index (χ4v) is 3.95. The molecular formula is C19H21N9. The first-order valence-electron chi connectivity index (χ1n) is 9.39. The summed E-state index contributed by atoms with van der Waals surface area (Å²) in [6.45, 7) is 2.52. The van der Waals surface area contributed by atoms with Gasteiger partial charge in [0.2, 0.25) is 5.95 Å². The van der Waals surface area contributed by atoms with Crippen molar-refractivity contribution < 1.29 is 0 Å². The number of pyridine rings is 1. The normalized spacial score (nSPS) is 17.3. The van der Waals surface area contributed by atoms with Gasteiger partial charge in [-0.1, -0.05) is 6.07 Å². The van der Waals surface area contributed by atoms with Gasteiger partial charge in [0.25, 0.3) is 0 Å². The Morgan fingerprint density at radius 3 is 3.07 bits per heavy atom. The van der Waals surface area contributed by atoms with Crippen LogP contribution >= 0.6 is 0 Å². The molecule has 0 aromatic carbocycles. The minimum atomic E-state index is 0.245. The number of anilines is 2. The minimum Gasteiger partial charge on any atom is -0.368 e. The highest BCUT2D eigenvalue weighted by Gasteiger charge is 2.27. The first-order chi connectivity index (χ1) is 13.8. The van der Waals surface area contributed by atoms with Crippen LogP contribution in [0.3, 0.4) is 0 Å². The average molecular weight is 375 g/mol. The summed E-state index contributed by atoms with van der Waals surface area (Å²) in [5, 5.41) is 0. The summed E-state index contributed by atoms with van der Waals surface area (Å²) < 4.78 is 2.21. The number of piperidine rings is 1. The summed E-state index contributed by atoms with van der Waals surface area (Å²) in [7, 11) is 0. The van der Waals surface area contributed by atoms with E-state index in [4.69, 9.17) is 5.73 Å². The second-order valence-corrected chi connectivity index (χ2v) is 7.07. The topological polar surface area (TPSA) is 114 Å². The molecule has 1 saturated heterocycles. The molecule has 9 nitrogen and oxygen atoms in total. The van der Waals surface area contributed by atoms with Crippen LogP contribution in [0, 0.1) is 0 Å². The highest BCUT2D eigenvalue weighted by atomic mass is 15.2. The number of nitrogens with zero attached hydrogens (tertiary/aromatic N) is 7. The summed E-state index contributed by atoms with van der Waals surface area (Å²) in [4.78, 5) is 27.2. The Kier molecular flexibility index (Phi) is 4.12. The van der Waals surface area contributed by atoms with Crippen molar-refractivity contribution in [3.63, 3.8) is 0 Å². The molecule has 142 valence electrons. The van der Waals surface area contributed by atoms with Gasteiger partial charge in [-0.05, 0) is 24.5 Å². The summed E-state index contributed by atoms with van der Waals surface area (Å²) in [6.07, 6.45) is 11.4. The van der Waals surface area contributed by atoms with Gasteiger partial charge in [0, 0.05) is 43.8 Å². The standard InChI is InChI=1S/C19H21N9/c20-19-25-16-15(23-12-24-16)18(26-19)27-7-2-4-14(11-27)17-22-6-8-28(17)10-13-3-1-5-21-9-13/h1,3,5-6,8-9,12,14H,2,4,7,10-11H2,(H3,20,23,24,25,26)/t14-/m0/s1. The van der Waals surface area contributed by atoms with Gasteiger partial charge in [-0.2, -0.15) is 9.97 Å². The number of aromatic amines is 1. The third-order valence-electron chi connectivity index (χ3n) is 5.19. The molecule has 4 aromatic rings. The van der Waals surface area contributed by atoms with Crippen LogP contribution in [0.4, 0.5) is 11.8 Å². The Balaban J connectivity index is 1.42. The predicted octanol–water partition coefficient (Wildman–Crippen LogP) is 1.96. The van der Waals surface area contributed by atoms with Gasteiger partial charge in [-0.25, -0.2) is 9.97 Å². The molecule has 4 aromatic heterocycles. The molecule has 1 atom stereocenters. The molecule has 0 amide bonds. The van der Waals surface area contributed by atoms with Gasteiger partial charge < -0.3 is 20.2 Å². The Morgan fingerprint density at radius 1 is 1.21 bits per heavy atom. The quantitative estimate of drug-likeness (QED) is 0.560. The maximum atomic E-state index is 5.90. The minimum absolute atomic E-state index is 0.245. The van der Waals surface area contributed by atoms with Crippen LogP contribution in [0.5, 0.6) is 0 Å². The van der Waals surface area contributed by atoms with Gasteiger partial charge in [-0.15, -0.1) is 0 Å². The molecule has 0 bridgehead atoms. The molecule has 1 fully saturated rings. The van der Waals surface area contributed by atoms with Crippen LogP contribution in [0.25, 0.3) is 11.2 Å². The number of nitrogens with one attached hydrogen (secondary N) is 1. The zero-order chi connectivity index (χ0) is 18.9. The van der Waals surface area contributed by atoms with Crippen LogP contribution < -0.4 is 10.6 Å². The molecule has 5 heterocycles. The third-order valence-corrected chi connectivity index (χ3v) is 5.19. The van der Waals surface area contributed by atoms with Gasteiger partial charge in [0.15, 0.2) is 11.5 Å². The molecule has 0 spiro atoms. The number of aromatic nitrogens is 7. The lowest BCUT2D eigenvalue weighted by Gasteiger charge is -2.33.